The molecule has 1 aromatic carbocycles. The number of carbonyl (C=O) groups excluding carboxylic acids is 1. The van der Waals surface area contributed by atoms with Crippen molar-refractivity contribution in [2.45, 2.75) is 25.7 Å². The van der Waals surface area contributed by atoms with Gasteiger partial charge in [0.1, 0.15) is 11.5 Å². The standard InChI is InChI=1S/C17H28N2O3/c1-13(11-17(20)18-9-6-10-19(2)3)15-8-7-14(21-4)12-16(15)22-5/h7-8,12-13H,6,9-11H2,1-5H3,(H,18,20). The average molecular weight is 308 g/mol. The molecule has 0 aliphatic heterocycles. The topological polar surface area (TPSA) is 50.8 Å². The van der Waals surface area contributed by atoms with Gasteiger partial charge >= 0.3 is 0 Å². The van der Waals surface area contributed by atoms with Gasteiger partial charge in [0.25, 0.3) is 0 Å². The van der Waals surface area contributed by atoms with E-state index in [2.05, 4.69) is 10.2 Å². The maximum atomic E-state index is 12.0. The van der Waals surface area contributed by atoms with Crippen LogP contribution in [-0.2, 0) is 4.79 Å². The van der Waals surface area contributed by atoms with E-state index in [4.69, 9.17) is 9.47 Å². The van der Waals surface area contributed by atoms with E-state index >= 15 is 0 Å². The molecule has 5 heteroatoms. The Kier molecular flexibility index (Phi) is 7.74. The summed E-state index contributed by atoms with van der Waals surface area (Å²) in [6.07, 6.45) is 1.41. The molecule has 0 saturated carbocycles. The summed E-state index contributed by atoms with van der Waals surface area (Å²) in [4.78, 5) is 14.1. The molecule has 0 spiro atoms. The fourth-order valence-electron chi connectivity index (χ4n) is 2.31. The molecule has 1 rings (SSSR count). The van der Waals surface area contributed by atoms with Crippen LogP contribution in [0.4, 0.5) is 0 Å². The summed E-state index contributed by atoms with van der Waals surface area (Å²) in [6, 6.07) is 5.70. The van der Waals surface area contributed by atoms with E-state index in [1.807, 2.05) is 39.2 Å². The SMILES string of the molecule is COc1ccc(C(C)CC(=O)NCCCN(C)C)c(OC)c1. The van der Waals surface area contributed by atoms with E-state index in [0.29, 0.717) is 13.0 Å². The quantitative estimate of drug-likeness (QED) is 0.711. The molecule has 0 aliphatic rings. The largest absolute Gasteiger partial charge is 0.497 e. The highest BCUT2D eigenvalue weighted by atomic mass is 16.5. The Morgan fingerprint density at radius 3 is 2.59 bits per heavy atom. The van der Waals surface area contributed by atoms with Crippen molar-refractivity contribution < 1.29 is 14.3 Å². The third-order valence-electron chi connectivity index (χ3n) is 3.57. The van der Waals surface area contributed by atoms with E-state index < -0.39 is 0 Å². The monoisotopic (exact) mass is 308 g/mol. The van der Waals surface area contributed by atoms with Crippen molar-refractivity contribution in [1.82, 2.24) is 10.2 Å². The Morgan fingerprint density at radius 1 is 1.27 bits per heavy atom. The number of hydrogen-bond acceptors (Lipinski definition) is 4. The minimum absolute atomic E-state index is 0.0733. The first-order valence-corrected chi connectivity index (χ1v) is 7.61. The third-order valence-corrected chi connectivity index (χ3v) is 3.57. The van der Waals surface area contributed by atoms with Crippen LogP contribution in [0.1, 0.15) is 31.2 Å². The molecule has 0 saturated heterocycles. The van der Waals surface area contributed by atoms with Crippen molar-refractivity contribution in [2.24, 2.45) is 0 Å². The zero-order valence-electron chi connectivity index (χ0n) is 14.3. The van der Waals surface area contributed by atoms with Gasteiger partial charge in [-0.2, -0.15) is 0 Å². The molecule has 1 amide bonds. The van der Waals surface area contributed by atoms with E-state index in [-0.39, 0.29) is 11.8 Å². The summed E-state index contributed by atoms with van der Waals surface area (Å²) < 4.78 is 10.6. The Balaban J connectivity index is 2.53. The lowest BCUT2D eigenvalue weighted by Crippen LogP contribution is -2.28. The number of nitrogens with zero attached hydrogens (tertiary/aromatic N) is 1. The first kappa shape index (κ1) is 18.3. The predicted molar refractivity (Wildman–Crippen MR) is 88.8 cm³/mol. The zero-order valence-corrected chi connectivity index (χ0v) is 14.3. The van der Waals surface area contributed by atoms with Gasteiger partial charge in [0.15, 0.2) is 0 Å². The summed E-state index contributed by atoms with van der Waals surface area (Å²) in [5.41, 5.74) is 1.02. The highest BCUT2D eigenvalue weighted by Crippen LogP contribution is 2.31. The Hall–Kier alpha value is -1.75. The number of nitrogens with one attached hydrogen (secondary N) is 1. The Bertz CT molecular complexity index is 475. The maximum Gasteiger partial charge on any atom is 0.220 e. The second-order valence-electron chi connectivity index (χ2n) is 5.72. The van der Waals surface area contributed by atoms with Crippen molar-refractivity contribution in [2.75, 3.05) is 41.4 Å². The van der Waals surface area contributed by atoms with Gasteiger partial charge in [-0.15, -0.1) is 0 Å². The van der Waals surface area contributed by atoms with Gasteiger partial charge in [-0.25, -0.2) is 0 Å². The van der Waals surface area contributed by atoms with Crippen molar-refractivity contribution in [1.29, 1.82) is 0 Å². The lowest BCUT2D eigenvalue weighted by atomic mass is 9.96. The number of hydrogen-bond donors (Lipinski definition) is 1. The minimum atomic E-state index is 0.0733. The molecule has 1 aromatic rings. The lowest BCUT2D eigenvalue weighted by molar-refractivity contribution is -0.121. The zero-order chi connectivity index (χ0) is 16.5. The van der Waals surface area contributed by atoms with Crippen LogP contribution in [0, 0.1) is 0 Å². The van der Waals surface area contributed by atoms with Crippen LogP contribution in [0.25, 0.3) is 0 Å². The Morgan fingerprint density at radius 2 is 2.00 bits per heavy atom. The van der Waals surface area contributed by atoms with Gasteiger partial charge in [-0.3, -0.25) is 4.79 Å². The molecule has 0 heterocycles. The summed E-state index contributed by atoms with van der Waals surface area (Å²) in [5.74, 6) is 1.67. The van der Waals surface area contributed by atoms with Gasteiger partial charge in [0.2, 0.25) is 5.91 Å². The summed E-state index contributed by atoms with van der Waals surface area (Å²) in [6.45, 7) is 3.72. The summed E-state index contributed by atoms with van der Waals surface area (Å²) >= 11 is 0. The summed E-state index contributed by atoms with van der Waals surface area (Å²) in [7, 11) is 7.31. The Labute approximate surface area is 133 Å². The number of carbonyl (C=O) groups is 1. The lowest BCUT2D eigenvalue weighted by Gasteiger charge is -2.16. The van der Waals surface area contributed by atoms with Crippen LogP contribution in [0.2, 0.25) is 0 Å². The van der Waals surface area contributed by atoms with Crippen LogP contribution in [0.5, 0.6) is 11.5 Å². The predicted octanol–water partition coefficient (Wildman–Crippen LogP) is 2.27. The molecule has 5 nitrogen and oxygen atoms in total. The molecule has 22 heavy (non-hydrogen) atoms. The van der Waals surface area contributed by atoms with E-state index in [9.17, 15) is 4.79 Å². The van der Waals surface area contributed by atoms with Crippen LogP contribution in [-0.4, -0.2) is 52.2 Å². The van der Waals surface area contributed by atoms with Gasteiger partial charge < -0.3 is 19.7 Å². The number of rotatable bonds is 9. The third kappa shape index (κ3) is 5.93. The number of methoxy groups -OCH3 is 2. The van der Waals surface area contributed by atoms with Crippen LogP contribution in [0.3, 0.4) is 0 Å². The second-order valence-corrected chi connectivity index (χ2v) is 5.72. The second kappa shape index (κ2) is 9.30. The number of amides is 1. The molecule has 0 bridgehead atoms. The van der Waals surface area contributed by atoms with Crippen molar-refractivity contribution in [3.63, 3.8) is 0 Å². The van der Waals surface area contributed by atoms with Crippen molar-refractivity contribution in [3.05, 3.63) is 23.8 Å². The van der Waals surface area contributed by atoms with Gasteiger partial charge in [-0.05, 0) is 44.6 Å². The number of ether oxygens (including phenoxy) is 2. The molecule has 1 unspecified atom stereocenters. The fourth-order valence-corrected chi connectivity index (χ4v) is 2.31. The van der Waals surface area contributed by atoms with Gasteiger partial charge in [0.05, 0.1) is 14.2 Å². The highest BCUT2D eigenvalue weighted by Gasteiger charge is 2.16. The highest BCUT2D eigenvalue weighted by molar-refractivity contribution is 5.77. The molecule has 0 aliphatic carbocycles. The smallest absolute Gasteiger partial charge is 0.220 e. The minimum Gasteiger partial charge on any atom is -0.497 e. The molecular weight excluding hydrogens is 280 g/mol. The van der Waals surface area contributed by atoms with Crippen LogP contribution >= 0.6 is 0 Å². The van der Waals surface area contributed by atoms with Crippen molar-refractivity contribution >= 4 is 5.91 Å². The normalized spacial score (nSPS) is 12.1. The maximum absolute atomic E-state index is 12.0. The molecular formula is C17H28N2O3. The van der Waals surface area contributed by atoms with Crippen molar-refractivity contribution in [3.8, 4) is 11.5 Å². The van der Waals surface area contributed by atoms with Crippen LogP contribution < -0.4 is 14.8 Å². The van der Waals surface area contributed by atoms with Gasteiger partial charge in [0, 0.05) is 19.0 Å². The van der Waals surface area contributed by atoms with E-state index in [1.165, 1.54) is 0 Å². The first-order valence-electron chi connectivity index (χ1n) is 7.61. The molecule has 124 valence electrons. The fraction of sp³-hybridized carbons (Fsp3) is 0.588. The van der Waals surface area contributed by atoms with E-state index in [0.717, 1.165) is 30.0 Å². The van der Waals surface area contributed by atoms with Gasteiger partial charge in [-0.1, -0.05) is 13.0 Å². The van der Waals surface area contributed by atoms with Crippen LogP contribution in [0.15, 0.2) is 18.2 Å². The molecule has 0 fully saturated rings. The number of benzene rings is 1. The first-order chi connectivity index (χ1) is 10.5. The molecule has 1 N–H and O–H groups in total. The molecule has 0 aromatic heterocycles. The molecule has 1 atom stereocenters. The van der Waals surface area contributed by atoms with E-state index in [1.54, 1.807) is 14.2 Å². The summed E-state index contributed by atoms with van der Waals surface area (Å²) in [5, 5.41) is 2.97. The average Bonchev–Trinajstić information content (AvgIpc) is 2.50. The molecule has 0 radical (unpaired) electrons.